The normalized spacial score (nSPS) is 15.7. The first-order valence-corrected chi connectivity index (χ1v) is 10.7. The van der Waals surface area contributed by atoms with Crippen LogP contribution in [0.2, 0.25) is 5.02 Å². The lowest BCUT2D eigenvalue weighted by Crippen LogP contribution is -2.14. The maximum absolute atomic E-state index is 12.9. The van der Waals surface area contributed by atoms with Gasteiger partial charge in [0.15, 0.2) is 12.6 Å². The lowest BCUT2D eigenvalue weighted by atomic mass is 10.0. The second-order valence-corrected chi connectivity index (χ2v) is 8.35. The molecular formula is C26H21ClO5. The van der Waals surface area contributed by atoms with E-state index in [-0.39, 0.29) is 19.2 Å². The summed E-state index contributed by atoms with van der Waals surface area (Å²) >= 11 is 6.24. The van der Waals surface area contributed by atoms with E-state index in [2.05, 4.69) is 0 Å². The first-order chi connectivity index (χ1) is 15.5. The van der Waals surface area contributed by atoms with Crippen LogP contribution in [0.5, 0.6) is 17.2 Å². The van der Waals surface area contributed by atoms with E-state index in [4.69, 9.17) is 30.5 Å². The van der Waals surface area contributed by atoms with Gasteiger partial charge in [-0.3, -0.25) is 4.79 Å². The highest BCUT2D eigenvalue weighted by Crippen LogP contribution is 2.38. The summed E-state index contributed by atoms with van der Waals surface area (Å²) in [4.78, 5) is 12.9. The van der Waals surface area contributed by atoms with Crippen LogP contribution in [0, 0.1) is 13.8 Å². The van der Waals surface area contributed by atoms with E-state index in [1.807, 2.05) is 56.3 Å². The molecule has 5 nitrogen and oxygen atoms in total. The first kappa shape index (κ1) is 20.6. The van der Waals surface area contributed by atoms with E-state index in [1.165, 1.54) is 0 Å². The monoisotopic (exact) mass is 448 g/mol. The molecule has 0 saturated carbocycles. The number of aryl methyl sites for hydroxylation is 2. The number of carbonyl (C=O) groups is 1. The van der Waals surface area contributed by atoms with E-state index >= 15 is 0 Å². The highest BCUT2D eigenvalue weighted by Gasteiger charge is 2.30. The van der Waals surface area contributed by atoms with Crippen molar-refractivity contribution >= 4 is 23.5 Å². The van der Waals surface area contributed by atoms with Crippen molar-refractivity contribution in [1.82, 2.24) is 0 Å². The standard InChI is InChI=1S/C26H21ClO5/c1-15-3-5-17(6-4-15)8-23-25(28)24-16(2)7-21(11-22(24)32-23)30-13-19-10-20(27)9-18-12-29-14-31-26(18)19/h3-11H,12-14H2,1-2H3/b23-8-. The molecule has 0 bridgehead atoms. The van der Waals surface area contributed by atoms with Crippen molar-refractivity contribution in [3.05, 3.63) is 92.7 Å². The predicted molar refractivity (Wildman–Crippen MR) is 121 cm³/mol. The van der Waals surface area contributed by atoms with E-state index < -0.39 is 0 Å². The number of allylic oxidation sites excluding steroid dienone is 1. The van der Waals surface area contributed by atoms with Gasteiger partial charge in [0.1, 0.15) is 23.9 Å². The largest absolute Gasteiger partial charge is 0.489 e. The van der Waals surface area contributed by atoms with Gasteiger partial charge in [0.2, 0.25) is 5.78 Å². The Labute approximate surface area is 191 Å². The Hall–Kier alpha value is -3.28. The van der Waals surface area contributed by atoms with Crippen molar-refractivity contribution in [2.75, 3.05) is 6.79 Å². The SMILES string of the molecule is Cc1ccc(/C=C2\Oc3cc(OCc4cc(Cl)cc5c4OCOC5)cc(C)c3C2=O)cc1. The van der Waals surface area contributed by atoms with Crippen LogP contribution >= 0.6 is 11.6 Å². The van der Waals surface area contributed by atoms with E-state index in [0.717, 1.165) is 33.6 Å². The summed E-state index contributed by atoms with van der Waals surface area (Å²) in [5.74, 6) is 2.03. The molecule has 2 heterocycles. The average molecular weight is 449 g/mol. The highest BCUT2D eigenvalue weighted by molar-refractivity contribution is 6.30. The highest BCUT2D eigenvalue weighted by atomic mass is 35.5. The van der Waals surface area contributed by atoms with Gasteiger partial charge in [-0.25, -0.2) is 0 Å². The molecule has 0 N–H and O–H groups in total. The number of Topliss-reactive ketones (excluding diaryl/α,β-unsaturated/α-hetero) is 1. The van der Waals surface area contributed by atoms with Crippen LogP contribution in [0.4, 0.5) is 0 Å². The number of carbonyl (C=O) groups excluding carboxylic acids is 1. The summed E-state index contributed by atoms with van der Waals surface area (Å²) in [7, 11) is 0. The molecule has 0 fully saturated rings. The van der Waals surface area contributed by atoms with Crippen molar-refractivity contribution in [3.63, 3.8) is 0 Å². The third-order valence-corrected chi connectivity index (χ3v) is 5.68. The minimum Gasteiger partial charge on any atom is -0.489 e. The van der Waals surface area contributed by atoms with Gasteiger partial charge in [-0.2, -0.15) is 0 Å². The van der Waals surface area contributed by atoms with E-state index in [9.17, 15) is 4.79 Å². The lowest BCUT2D eigenvalue weighted by Gasteiger charge is -2.21. The minimum atomic E-state index is -0.123. The number of hydrogen-bond acceptors (Lipinski definition) is 5. The first-order valence-electron chi connectivity index (χ1n) is 10.3. The van der Waals surface area contributed by atoms with Gasteiger partial charge in [0.05, 0.1) is 12.2 Å². The second-order valence-electron chi connectivity index (χ2n) is 7.92. The fraction of sp³-hybridized carbons (Fsp3) is 0.192. The summed E-state index contributed by atoms with van der Waals surface area (Å²) in [5, 5.41) is 0.599. The molecule has 32 heavy (non-hydrogen) atoms. The Morgan fingerprint density at radius 3 is 2.72 bits per heavy atom. The van der Waals surface area contributed by atoms with Crippen LogP contribution in [-0.4, -0.2) is 12.6 Å². The van der Waals surface area contributed by atoms with Crippen LogP contribution < -0.4 is 14.2 Å². The third kappa shape index (κ3) is 3.97. The molecule has 2 aliphatic rings. The van der Waals surface area contributed by atoms with Crippen LogP contribution in [0.1, 0.15) is 38.2 Å². The second kappa shape index (κ2) is 8.34. The van der Waals surface area contributed by atoms with Gasteiger partial charge in [0.25, 0.3) is 0 Å². The summed E-state index contributed by atoms with van der Waals surface area (Å²) in [5.41, 5.74) is 5.17. The molecule has 6 heteroatoms. The molecule has 0 unspecified atom stereocenters. The molecule has 2 aliphatic heterocycles. The zero-order valence-corrected chi connectivity index (χ0v) is 18.5. The Bertz CT molecular complexity index is 1240. The van der Waals surface area contributed by atoms with Crippen LogP contribution in [0.15, 0.2) is 54.3 Å². The molecular weight excluding hydrogens is 428 g/mol. The molecule has 0 radical (unpaired) electrons. The quantitative estimate of drug-likeness (QED) is 0.457. The summed E-state index contributed by atoms with van der Waals surface area (Å²) < 4.78 is 22.9. The average Bonchev–Trinajstić information content (AvgIpc) is 3.09. The van der Waals surface area contributed by atoms with Gasteiger partial charge in [-0.1, -0.05) is 41.4 Å². The van der Waals surface area contributed by atoms with Gasteiger partial charge >= 0.3 is 0 Å². The summed E-state index contributed by atoms with van der Waals surface area (Å²) in [6, 6.07) is 15.2. The molecule has 5 rings (SSSR count). The molecule has 0 aromatic heterocycles. The van der Waals surface area contributed by atoms with Gasteiger partial charge in [-0.05, 0) is 49.2 Å². The lowest BCUT2D eigenvalue weighted by molar-refractivity contribution is -0.0175. The van der Waals surface area contributed by atoms with Crippen LogP contribution in [-0.2, 0) is 18.0 Å². The van der Waals surface area contributed by atoms with E-state index in [1.54, 1.807) is 12.1 Å². The zero-order valence-electron chi connectivity index (χ0n) is 17.7. The molecule has 3 aromatic rings. The topological polar surface area (TPSA) is 54.0 Å². The predicted octanol–water partition coefficient (Wildman–Crippen LogP) is 6.02. The minimum absolute atomic E-state index is 0.123. The number of hydrogen-bond donors (Lipinski definition) is 0. The van der Waals surface area contributed by atoms with Crippen molar-refractivity contribution in [2.45, 2.75) is 27.1 Å². The maximum atomic E-state index is 12.9. The molecule has 162 valence electrons. The van der Waals surface area contributed by atoms with Gasteiger partial charge < -0.3 is 18.9 Å². The maximum Gasteiger partial charge on any atom is 0.232 e. The number of ether oxygens (including phenoxy) is 4. The van der Waals surface area contributed by atoms with Gasteiger partial charge in [0, 0.05) is 22.2 Å². The van der Waals surface area contributed by atoms with Gasteiger partial charge in [-0.15, -0.1) is 0 Å². The Kier molecular flexibility index (Phi) is 5.37. The van der Waals surface area contributed by atoms with Crippen molar-refractivity contribution in [2.24, 2.45) is 0 Å². The number of benzene rings is 3. The number of ketones is 1. The summed E-state index contributed by atoms with van der Waals surface area (Å²) in [6.45, 7) is 4.82. The molecule has 0 atom stereocenters. The number of fused-ring (bicyclic) bond motifs is 2. The Morgan fingerprint density at radius 2 is 1.91 bits per heavy atom. The fourth-order valence-electron chi connectivity index (χ4n) is 3.90. The Balaban J connectivity index is 1.38. The number of rotatable bonds is 4. The van der Waals surface area contributed by atoms with Crippen molar-refractivity contribution < 1.29 is 23.7 Å². The van der Waals surface area contributed by atoms with E-state index in [0.29, 0.717) is 34.5 Å². The van der Waals surface area contributed by atoms with Crippen LogP contribution in [0.3, 0.4) is 0 Å². The number of halogens is 1. The molecule has 0 spiro atoms. The molecule has 3 aromatic carbocycles. The molecule has 0 saturated heterocycles. The Morgan fingerprint density at radius 1 is 1.09 bits per heavy atom. The smallest absolute Gasteiger partial charge is 0.232 e. The molecule has 0 aliphatic carbocycles. The fourth-order valence-corrected chi connectivity index (χ4v) is 4.16. The van der Waals surface area contributed by atoms with Crippen molar-refractivity contribution in [1.29, 1.82) is 0 Å². The molecule has 0 amide bonds. The third-order valence-electron chi connectivity index (χ3n) is 5.46. The summed E-state index contributed by atoms with van der Waals surface area (Å²) in [6.07, 6.45) is 1.76. The van der Waals surface area contributed by atoms with Crippen LogP contribution in [0.25, 0.3) is 6.08 Å². The zero-order chi connectivity index (χ0) is 22.2. The van der Waals surface area contributed by atoms with Crippen molar-refractivity contribution in [3.8, 4) is 17.2 Å².